The average molecular weight is 440 g/mol. The summed E-state index contributed by atoms with van der Waals surface area (Å²) < 4.78 is 0. The van der Waals surface area contributed by atoms with Gasteiger partial charge >= 0.3 is 0 Å². The van der Waals surface area contributed by atoms with Crippen LogP contribution in [0.1, 0.15) is 40.1 Å². The fourth-order valence-corrected chi connectivity index (χ4v) is 5.43. The number of hydrogen-bond acceptors (Lipinski definition) is 5. The van der Waals surface area contributed by atoms with Gasteiger partial charge in [-0.2, -0.15) is 0 Å². The number of fused-ring (bicyclic) bond motifs is 7. The van der Waals surface area contributed by atoms with Gasteiger partial charge < -0.3 is 30.5 Å². The van der Waals surface area contributed by atoms with Crippen LogP contribution in [0.4, 0.5) is 5.69 Å². The summed E-state index contributed by atoms with van der Waals surface area (Å²) in [5, 5.41) is 38.2. The fourth-order valence-electron chi connectivity index (χ4n) is 5.43. The molecule has 6 heteroatoms. The lowest BCUT2D eigenvalue weighted by atomic mass is 9.78. The summed E-state index contributed by atoms with van der Waals surface area (Å²) in [6.07, 6.45) is 3.31. The number of rotatable bonds is 4. The van der Waals surface area contributed by atoms with Crippen LogP contribution in [-0.2, 0) is 5.60 Å². The maximum Gasteiger partial charge on any atom is 0.146 e. The maximum absolute atomic E-state index is 12.5. The van der Waals surface area contributed by atoms with E-state index in [1.54, 1.807) is 25.2 Å². The van der Waals surface area contributed by atoms with Crippen LogP contribution in [0.5, 0.6) is 5.75 Å². The van der Waals surface area contributed by atoms with Crippen LogP contribution in [0.15, 0.2) is 72.9 Å². The Balaban J connectivity index is 1.62. The van der Waals surface area contributed by atoms with Crippen molar-refractivity contribution in [1.82, 2.24) is 10.3 Å². The van der Waals surface area contributed by atoms with E-state index in [1.165, 1.54) is 0 Å². The zero-order valence-corrected chi connectivity index (χ0v) is 18.2. The van der Waals surface area contributed by atoms with E-state index in [-0.39, 0.29) is 5.75 Å². The van der Waals surface area contributed by atoms with E-state index in [1.807, 2.05) is 48.7 Å². The van der Waals surface area contributed by atoms with Gasteiger partial charge in [0.25, 0.3) is 0 Å². The Hall–Kier alpha value is -3.58. The molecule has 166 valence electrons. The first kappa shape index (κ1) is 20.1. The molecule has 3 aromatic carbocycles. The number of nitrogens with one attached hydrogen (secondary N) is 2. The third-order valence-electron chi connectivity index (χ3n) is 6.93. The molecule has 2 aliphatic rings. The van der Waals surface area contributed by atoms with Crippen molar-refractivity contribution in [2.24, 2.45) is 0 Å². The topological polar surface area (TPSA) is 91.8 Å². The fraction of sp³-hybridized carbons (Fsp3) is 0.185. The molecule has 0 amide bonds. The summed E-state index contributed by atoms with van der Waals surface area (Å²) in [7, 11) is 1.77. The van der Waals surface area contributed by atoms with Gasteiger partial charge in [-0.3, -0.25) is 0 Å². The van der Waals surface area contributed by atoms with Crippen molar-refractivity contribution in [3.8, 4) is 5.75 Å². The number of anilines is 1. The highest BCUT2D eigenvalue weighted by Crippen LogP contribution is 2.58. The lowest BCUT2D eigenvalue weighted by Crippen LogP contribution is -2.38. The summed E-state index contributed by atoms with van der Waals surface area (Å²) in [4.78, 5) is 5.59. The highest BCUT2D eigenvalue weighted by atomic mass is 16.3. The largest absolute Gasteiger partial charge is 0.508 e. The van der Waals surface area contributed by atoms with Gasteiger partial charge in [0, 0.05) is 46.0 Å². The number of nitrogens with zero attached hydrogens (tertiary/aromatic N) is 1. The molecule has 0 aliphatic carbocycles. The number of phenols is 1. The Morgan fingerprint density at radius 2 is 1.85 bits per heavy atom. The number of phenolic OH excluding ortho intramolecular Hbond substituents is 1. The number of likely N-dealkylation sites (N-methyl/N-ethyl adjacent to an activating group) is 1. The van der Waals surface area contributed by atoms with Crippen molar-refractivity contribution in [2.75, 3.05) is 18.5 Å². The molecular weight excluding hydrogens is 414 g/mol. The van der Waals surface area contributed by atoms with Crippen LogP contribution in [0.2, 0.25) is 0 Å². The Kier molecular flexibility index (Phi) is 4.39. The Labute approximate surface area is 191 Å². The molecule has 0 radical (unpaired) electrons. The third kappa shape index (κ3) is 2.72. The van der Waals surface area contributed by atoms with E-state index in [0.29, 0.717) is 23.2 Å². The van der Waals surface area contributed by atoms with Gasteiger partial charge in [0.2, 0.25) is 0 Å². The predicted octanol–water partition coefficient (Wildman–Crippen LogP) is 3.91. The highest BCUT2D eigenvalue weighted by molar-refractivity contribution is 5.93. The molecule has 6 rings (SSSR count). The van der Waals surface area contributed by atoms with E-state index in [4.69, 9.17) is 0 Å². The number of aliphatic hydroxyl groups is 2. The molecular formula is C27H25N3O3. The SMILES string of the molecule is CNC[C@@H](O)c1ccc(O)c([C@@]2(O)c3ccccc3N3C=Cc4c([nH]c5ccccc45)C32)c1. The van der Waals surface area contributed by atoms with Gasteiger partial charge in [0.05, 0.1) is 11.8 Å². The van der Waals surface area contributed by atoms with Crippen LogP contribution < -0.4 is 10.2 Å². The van der Waals surface area contributed by atoms with Crippen LogP contribution in [-0.4, -0.2) is 33.9 Å². The van der Waals surface area contributed by atoms with Gasteiger partial charge in [0.1, 0.15) is 17.4 Å². The van der Waals surface area contributed by atoms with E-state index in [0.717, 1.165) is 27.8 Å². The van der Waals surface area contributed by atoms with E-state index in [9.17, 15) is 15.3 Å². The number of aliphatic hydroxyl groups excluding tert-OH is 1. The number of aromatic nitrogens is 1. The van der Waals surface area contributed by atoms with Crippen molar-refractivity contribution >= 4 is 22.7 Å². The standard InChI is InChI=1S/C27H25N3O3/c1-28-15-24(32)16-10-11-23(31)20(14-16)27(33)19-7-3-5-9-22(19)30-13-12-18-17-6-2-4-8-21(17)29-25(18)26(27)30/h2-14,24,26,28-29,31-33H,15H2,1H3/t24-,26?,27+/m1/s1. The van der Waals surface area contributed by atoms with Crippen LogP contribution >= 0.6 is 0 Å². The summed E-state index contributed by atoms with van der Waals surface area (Å²) in [6, 6.07) is 20.3. The molecule has 0 saturated heterocycles. The second-order valence-electron chi connectivity index (χ2n) is 8.76. The minimum absolute atomic E-state index is 0.0122. The number of benzene rings is 3. The molecule has 0 saturated carbocycles. The third-order valence-corrected chi connectivity index (χ3v) is 6.93. The lowest BCUT2D eigenvalue weighted by molar-refractivity contribution is 0.0579. The van der Waals surface area contributed by atoms with Crippen molar-refractivity contribution in [1.29, 1.82) is 0 Å². The van der Waals surface area contributed by atoms with Gasteiger partial charge in [-0.05, 0) is 43.0 Å². The number of para-hydroxylation sites is 2. The molecule has 1 unspecified atom stereocenters. The lowest BCUT2D eigenvalue weighted by Gasteiger charge is -2.37. The monoisotopic (exact) mass is 439 g/mol. The van der Waals surface area contributed by atoms with E-state index >= 15 is 0 Å². The summed E-state index contributed by atoms with van der Waals surface area (Å²) in [5.41, 5.74) is 3.96. The van der Waals surface area contributed by atoms with Gasteiger partial charge in [-0.1, -0.05) is 42.5 Å². The number of aromatic hydroxyl groups is 1. The smallest absolute Gasteiger partial charge is 0.146 e. The summed E-state index contributed by atoms with van der Waals surface area (Å²) in [5.74, 6) is -0.0122. The van der Waals surface area contributed by atoms with Crippen molar-refractivity contribution in [2.45, 2.75) is 17.7 Å². The summed E-state index contributed by atoms with van der Waals surface area (Å²) in [6.45, 7) is 0.365. The first-order valence-electron chi connectivity index (χ1n) is 11.1. The molecule has 0 spiro atoms. The Morgan fingerprint density at radius 3 is 2.70 bits per heavy atom. The predicted molar refractivity (Wildman–Crippen MR) is 129 cm³/mol. The molecule has 5 N–H and O–H groups in total. The molecule has 2 aliphatic heterocycles. The first-order chi connectivity index (χ1) is 16.0. The van der Waals surface area contributed by atoms with E-state index < -0.39 is 17.7 Å². The Morgan fingerprint density at radius 1 is 1.06 bits per heavy atom. The molecule has 6 nitrogen and oxygen atoms in total. The highest BCUT2D eigenvalue weighted by Gasteiger charge is 2.54. The molecule has 33 heavy (non-hydrogen) atoms. The maximum atomic E-state index is 12.5. The van der Waals surface area contributed by atoms with Crippen LogP contribution in [0.3, 0.4) is 0 Å². The second kappa shape index (κ2) is 7.22. The normalized spacial score (nSPS) is 21.7. The van der Waals surface area contributed by atoms with Crippen LogP contribution in [0, 0.1) is 0 Å². The first-order valence-corrected chi connectivity index (χ1v) is 11.1. The minimum atomic E-state index is -1.55. The number of H-pyrrole nitrogens is 1. The van der Waals surface area contributed by atoms with E-state index in [2.05, 4.69) is 27.3 Å². The average Bonchev–Trinajstić information content (AvgIpc) is 3.33. The molecule has 4 aromatic rings. The van der Waals surface area contributed by atoms with Crippen molar-refractivity contribution in [3.63, 3.8) is 0 Å². The van der Waals surface area contributed by atoms with Crippen molar-refractivity contribution in [3.05, 3.63) is 101 Å². The number of aromatic amines is 1. The zero-order chi connectivity index (χ0) is 22.7. The summed E-state index contributed by atoms with van der Waals surface area (Å²) >= 11 is 0. The molecule has 3 heterocycles. The van der Waals surface area contributed by atoms with Gasteiger partial charge in [-0.25, -0.2) is 0 Å². The molecule has 0 fully saturated rings. The second-order valence-corrected chi connectivity index (χ2v) is 8.76. The van der Waals surface area contributed by atoms with Gasteiger partial charge in [-0.15, -0.1) is 0 Å². The van der Waals surface area contributed by atoms with Gasteiger partial charge in [0.15, 0.2) is 0 Å². The Bertz CT molecular complexity index is 1410. The number of hydrogen-bond donors (Lipinski definition) is 5. The quantitative estimate of drug-likeness (QED) is 0.333. The minimum Gasteiger partial charge on any atom is -0.508 e. The molecule has 3 atom stereocenters. The molecule has 0 bridgehead atoms. The van der Waals surface area contributed by atoms with Crippen molar-refractivity contribution < 1.29 is 15.3 Å². The zero-order valence-electron chi connectivity index (χ0n) is 18.2. The van der Waals surface area contributed by atoms with Crippen LogP contribution in [0.25, 0.3) is 17.0 Å². The molecule has 1 aromatic heterocycles.